The molecule has 1 aliphatic heterocycles. The van der Waals surface area contributed by atoms with E-state index in [1.165, 1.54) is 17.4 Å². The number of anilines is 1. The Hall–Kier alpha value is -1.63. The molecule has 6 nitrogen and oxygen atoms in total. The molecule has 1 saturated heterocycles. The van der Waals surface area contributed by atoms with Crippen LogP contribution in [0.15, 0.2) is 24.3 Å². The van der Waals surface area contributed by atoms with Gasteiger partial charge in [0.15, 0.2) is 0 Å². The molecule has 1 aromatic carbocycles. The lowest BCUT2D eigenvalue weighted by molar-refractivity contribution is -0.0757. The van der Waals surface area contributed by atoms with Crippen LogP contribution in [0.2, 0.25) is 0 Å². The molecule has 6 heteroatoms. The van der Waals surface area contributed by atoms with E-state index in [1.54, 1.807) is 25.2 Å². The number of hydroxylamine groups is 2. The van der Waals surface area contributed by atoms with Gasteiger partial charge in [-0.1, -0.05) is 6.07 Å². The summed E-state index contributed by atoms with van der Waals surface area (Å²) >= 11 is 0. The Morgan fingerprint density at radius 1 is 1.19 bits per heavy atom. The summed E-state index contributed by atoms with van der Waals surface area (Å²) in [4.78, 5) is 28.7. The van der Waals surface area contributed by atoms with Crippen molar-refractivity contribution in [2.45, 2.75) is 38.9 Å². The largest absolute Gasteiger partial charge is 0.277 e. The van der Waals surface area contributed by atoms with E-state index in [9.17, 15) is 4.79 Å². The number of rotatable bonds is 3. The highest BCUT2D eigenvalue weighted by Crippen LogP contribution is 2.39. The molecule has 1 fully saturated rings. The molecule has 1 amide bonds. The molecule has 0 N–H and O–H groups in total. The van der Waals surface area contributed by atoms with Crippen LogP contribution < -0.4 is 5.23 Å². The van der Waals surface area contributed by atoms with Crippen LogP contribution in [-0.2, 0) is 14.5 Å². The van der Waals surface area contributed by atoms with E-state index < -0.39 is 11.2 Å². The van der Waals surface area contributed by atoms with Gasteiger partial charge in [0.1, 0.15) is 11.2 Å². The minimum atomic E-state index is -0.476. The molecule has 1 aromatic rings. The maximum absolute atomic E-state index is 12.1. The summed E-state index contributed by atoms with van der Waals surface area (Å²) in [5.41, 5.74) is 0.197. The summed E-state index contributed by atoms with van der Waals surface area (Å²) in [6, 6.07) is 7.02. The first-order chi connectivity index (χ1) is 9.68. The smallest absolute Gasteiger partial charge is 0.274 e. The molecular weight excluding hydrogens is 272 g/mol. The van der Waals surface area contributed by atoms with E-state index in [4.69, 9.17) is 14.5 Å². The molecule has 21 heavy (non-hydrogen) atoms. The highest BCUT2D eigenvalue weighted by molar-refractivity contribution is 5.94. The zero-order valence-electron chi connectivity index (χ0n) is 13.3. The SMILES string of the molecule is CON(C)C(=O)c1cccc(N2OC(C)(C)C(C)(C)O2)c1. The fourth-order valence-corrected chi connectivity index (χ4v) is 1.78. The normalized spacial score (nSPS) is 19.6. The number of carbonyl (C=O) groups is 1. The van der Waals surface area contributed by atoms with Gasteiger partial charge in [-0.15, -0.1) is 5.23 Å². The lowest BCUT2D eigenvalue weighted by Gasteiger charge is -2.26. The standard InChI is InChI=1S/C15H22N2O4/c1-14(2)15(3,4)21-17(20-14)12-9-7-8-11(10-12)13(18)16(5)19-6/h7-10H,1-6H3. The first kappa shape index (κ1) is 15.8. The van der Waals surface area contributed by atoms with Crippen LogP contribution in [0.1, 0.15) is 38.1 Å². The predicted molar refractivity (Wildman–Crippen MR) is 78.4 cm³/mol. The van der Waals surface area contributed by atoms with Gasteiger partial charge in [-0.2, -0.15) is 0 Å². The van der Waals surface area contributed by atoms with Crippen molar-refractivity contribution in [3.63, 3.8) is 0 Å². The van der Waals surface area contributed by atoms with Crippen molar-refractivity contribution in [2.75, 3.05) is 19.4 Å². The summed E-state index contributed by atoms with van der Waals surface area (Å²) in [6.45, 7) is 7.84. The van der Waals surface area contributed by atoms with Crippen LogP contribution in [0.3, 0.4) is 0 Å². The molecule has 0 aliphatic carbocycles. The summed E-state index contributed by atoms with van der Waals surface area (Å²) in [7, 11) is 3.00. The zero-order chi connectivity index (χ0) is 15.8. The second-order valence-electron chi connectivity index (χ2n) is 6.00. The van der Waals surface area contributed by atoms with Gasteiger partial charge in [-0.25, -0.2) is 14.7 Å². The average molecular weight is 294 g/mol. The maximum Gasteiger partial charge on any atom is 0.277 e. The minimum Gasteiger partial charge on any atom is -0.274 e. The molecule has 0 aromatic heterocycles. The van der Waals surface area contributed by atoms with Gasteiger partial charge in [-0.3, -0.25) is 9.63 Å². The minimum absolute atomic E-state index is 0.239. The molecule has 0 spiro atoms. The summed E-state index contributed by atoms with van der Waals surface area (Å²) in [6.07, 6.45) is 0. The van der Waals surface area contributed by atoms with E-state index in [1.807, 2.05) is 33.8 Å². The quantitative estimate of drug-likeness (QED) is 0.802. The van der Waals surface area contributed by atoms with E-state index in [2.05, 4.69) is 0 Å². The molecule has 2 rings (SSSR count). The number of hydrogen-bond acceptors (Lipinski definition) is 5. The topological polar surface area (TPSA) is 51.2 Å². The fraction of sp³-hybridized carbons (Fsp3) is 0.533. The van der Waals surface area contributed by atoms with E-state index in [0.717, 1.165) is 0 Å². The van der Waals surface area contributed by atoms with Crippen molar-refractivity contribution in [2.24, 2.45) is 0 Å². The Morgan fingerprint density at radius 3 is 2.29 bits per heavy atom. The molecule has 1 heterocycles. The molecule has 0 saturated carbocycles. The van der Waals surface area contributed by atoms with Crippen molar-refractivity contribution < 1.29 is 19.3 Å². The van der Waals surface area contributed by atoms with Crippen molar-refractivity contribution in [3.05, 3.63) is 29.8 Å². The second-order valence-corrected chi connectivity index (χ2v) is 6.00. The zero-order valence-corrected chi connectivity index (χ0v) is 13.3. The van der Waals surface area contributed by atoms with Gasteiger partial charge in [0, 0.05) is 12.6 Å². The van der Waals surface area contributed by atoms with Crippen LogP contribution >= 0.6 is 0 Å². The van der Waals surface area contributed by atoms with Crippen LogP contribution in [0, 0.1) is 0 Å². The van der Waals surface area contributed by atoms with Crippen LogP contribution in [0.5, 0.6) is 0 Å². The second kappa shape index (κ2) is 5.29. The Bertz CT molecular complexity index is 526. The first-order valence-corrected chi connectivity index (χ1v) is 6.78. The van der Waals surface area contributed by atoms with E-state index in [0.29, 0.717) is 11.3 Å². The van der Waals surface area contributed by atoms with E-state index >= 15 is 0 Å². The van der Waals surface area contributed by atoms with Gasteiger partial charge in [0.05, 0.1) is 12.8 Å². The third-order valence-electron chi connectivity index (χ3n) is 3.94. The number of hydrogen-bond donors (Lipinski definition) is 0. The molecule has 0 atom stereocenters. The van der Waals surface area contributed by atoms with Gasteiger partial charge in [0.25, 0.3) is 5.91 Å². The van der Waals surface area contributed by atoms with E-state index in [-0.39, 0.29) is 5.91 Å². The molecule has 0 radical (unpaired) electrons. The van der Waals surface area contributed by atoms with Crippen LogP contribution in [0.4, 0.5) is 5.69 Å². The lowest BCUT2D eigenvalue weighted by atomic mass is 9.90. The third kappa shape index (κ3) is 2.88. The Morgan fingerprint density at radius 2 is 1.76 bits per heavy atom. The van der Waals surface area contributed by atoms with Crippen molar-refractivity contribution in [1.29, 1.82) is 0 Å². The van der Waals surface area contributed by atoms with Gasteiger partial charge < -0.3 is 0 Å². The maximum atomic E-state index is 12.1. The number of benzene rings is 1. The molecular formula is C15H22N2O4. The number of carbonyl (C=O) groups excluding carboxylic acids is 1. The van der Waals surface area contributed by atoms with Gasteiger partial charge >= 0.3 is 0 Å². The Labute approximate surface area is 125 Å². The Kier molecular flexibility index (Phi) is 3.97. The van der Waals surface area contributed by atoms with Crippen molar-refractivity contribution in [3.8, 4) is 0 Å². The van der Waals surface area contributed by atoms with Gasteiger partial charge in [-0.05, 0) is 45.9 Å². The van der Waals surface area contributed by atoms with Gasteiger partial charge in [0.2, 0.25) is 0 Å². The number of amides is 1. The summed E-state index contributed by atoms with van der Waals surface area (Å²) in [5.74, 6) is -0.239. The third-order valence-corrected chi connectivity index (χ3v) is 3.94. The highest BCUT2D eigenvalue weighted by Gasteiger charge is 2.50. The molecule has 116 valence electrons. The first-order valence-electron chi connectivity index (χ1n) is 6.78. The average Bonchev–Trinajstić information content (AvgIpc) is 2.66. The Balaban J connectivity index is 2.25. The number of nitrogens with zero attached hydrogens (tertiary/aromatic N) is 2. The summed E-state index contributed by atoms with van der Waals surface area (Å²) in [5, 5.41) is 2.53. The van der Waals surface area contributed by atoms with Crippen LogP contribution in [0.25, 0.3) is 0 Å². The molecule has 0 unspecified atom stereocenters. The van der Waals surface area contributed by atoms with Crippen molar-refractivity contribution in [1.82, 2.24) is 5.06 Å². The fourth-order valence-electron chi connectivity index (χ4n) is 1.78. The van der Waals surface area contributed by atoms with Crippen LogP contribution in [-0.4, -0.2) is 36.3 Å². The predicted octanol–water partition coefficient (Wildman–Crippen LogP) is 2.56. The van der Waals surface area contributed by atoms with Crippen molar-refractivity contribution >= 4 is 11.6 Å². The molecule has 1 aliphatic rings. The highest BCUT2D eigenvalue weighted by atomic mass is 17.0. The monoisotopic (exact) mass is 294 g/mol. The molecule has 0 bridgehead atoms. The lowest BCUT2D eigenvalue weighted by Crippen LogP contribution is -2.41. The summed E-state index contributed by atoms with van der Waals surface area (Å²) < 4.78 is 0.